The van der Waals surface area contributed by atoms with Gasteiger partial charge >= 0.3 is 0 Å². The molecule has 0 aliphatic heterocycles. The van der Waals surface area contributed by atoms with E-state index in [9.17, 15) is 4.79 Å². The maximum atomic E-state index is 10.9. The van der Waals surface area contributed by atoms with E-state index in [0.717, 1.165) is 6.42 Å². The van der Waals surface area contributed by atoms with E-state index in [-0.39, 0.29) is 13.3 Å². The summed E-state index contributed by atoms with van der Waals surface area (Å²) in [6.07, 6.45) is 0.846. The topological polar surface area (TPSA) is 38.3 Å². The van der Waals surface area contributed by atoms with Crippen molar-refractivity contribution in [2.75, 3.05) is 6.61 Å². The smallest absolute Gasteiger partial charge is 0.246 e. The van der Waals surface area contributed by atoms with E-state index < -0.39 is 0 Å². The predicted molar refractivity (Wildman–Crippen MR) is 52.7 cm³/mol. The van der Waals surface area contributed by atoms with Crippen molar-refractivity contribution in [3.05, 3.63) is 0 Å². The highest BCUT2D eigenvalue weighted by Gasteiger charge is 2.08. The second-order valence-corrected chi connectivity index (χ2v) is 2.21. The third-order valence-corrected chi connectivity index (χ3v) is 1.38. The lowest BCUT2D eigenvalue weighted by Gasteiger charge is -2.07. The molecule has 0 saturated carbocycles. The predicted octanol–water partition coefficient (Wildman–Crippen LogP) is 2.37. The van der Waals surface area contributed by atoms with E-state index in [4.69, 9.17) is 4.84 Å². The molecule has 0 aliphatic rings. The first-order valence-corrected chi connectivity index (χ1v) is 4.64. The lowest BCUT2D eigenvalue weighted by molar-refractivity contribution is -0.136. The Bertz CT molecular complexity index is 110. The SMILES string of the molecule is CC.CCONC(=O)C(C)CC.[HH]. The molecule has 0 saturated heterocycles. The lowest BCUT2D eigenvalue weighted by Crippen LogP contribution is -2.28. The van der Waals surface area contributed by atoms with Gasteiger partial charge in [-0.1, -0.05) is 27.7 Å². The first-order valence-electron chi connectivity index (χ1n) is 4.64. The quantitative estimate of drug-likeness (QED) is 0.669. The Morgan fingerprint density at radius 1 is 1.50 bits per heavy atom. The van der Waals surface area contributed by atoms with Gasteiger partial charge in [0.2, 0.25) is 5.91 Å². The van der Waals surface area contributed by atoms with E-state index in [1.807, 2.05) is 34.6 Å². The van der Waals surface area contributed by atoms with Gasteiger partial charge in [0.1, 0.15) is 0 Å². The zero-order valence-corrected chi connectivity index (χ0v) is 8.81. The molecule has 0 aliphatic carbocycles. The molecule has 12 heavy (non-hydrogen) atoms. The van der Waals surface area contributed by atoms with Crippen molar-refractivity contribution in [1.82, 2.24) is 5.48 Å². The van der Waals surface area contributed by atoms with Crippen molar-refractivity contribution in [3.63, 3.8) is 0 Å². The molecular formula is C9H23NO2. The second-order valence-electron chi connectivity index (χ2n) is 2.21. The van der Waals surface area contributed by atoms with Crippen LogP contribution in [0.25, 0.3) is 0 Å². The van der Waals surface area contributed by atoms with Crippen molar-refractivity contribution < 1.29 is 11.1 Å². The van der Waals surface area contributed by atoms with Gasteiger partial charge in [-0.3, -0.25) is 9.63 Å². The zero-order chi connectivity index (χ0) is 9.98. The number of hydrogen-bond donors (Lipinski definition) is 1. The molecule has 1 N–H and O–H groups in total. The summed E-state index contributed by atoms with van der Waals surface area (Å²) in [5, 5.41) is 0. The normalized spacial score (nSPS) is 11.1. The largest absolute Gasteiger partial charge is 0.274 e. The van der Waals surface area contributed by atoms with Gasteiger partial charge in [0.15, 0.2) is 0 Å². The number of rotatable bonds is 4. The minimum absolute atomic E-state index is 0. The number of nitrogens with one attached hydrogen (secondary N) is 1. The van der Waals surface area contributed by atoms with Crippen LogP contribution in [0.1, 0.15) is 42.5 Å². The molecular weight excluding hydrogens is 154 g/mol. The molecule has 1 atom stereocenters. The van der Waals surface area contributed by atoms with Crippen LogP contribution in [0.15, 0.2) is 0 Å². The number of carbonyl (C=O) groups is 1. The van der Waals surface area contributed by atoms with E-state index in [1.54, 1.807) is 0 Å². The summed E-state index contributed by atoms with van der Waals surface area (Å²) >= 11 is 0. The van der Waals surface area contributed by atoms with Gasteiger partial charge in [0.25, 0.3) is 0 Å². The molecule has 0 spiro atoms. The minimum Gasteiger partial charge on any atom is -0.274 e. The van der Waals surface area contributed by atoms with Crippen molar-refractivity contribution in [1.29, 1.82) is 0 Å². The van der Waals surface area contributed by atoms with Crippen LogP contribution in [-0.2, 0) is 9.63 Å². The molecule has 1 unspecified atom stereocenters. The summed E-state index contributed by atoms with van der Waals surface area (Å²) < 4.78 is 0. The molecule has 0 fully saturated rings. The summed E-state index contributed by atoms with van der Waals surface area (Å²) in [6, 6.07) is 0. The van der Waals surface area contributed by atoms with Gasteiger partial charge in [-0.05, 0) is 13.3 Å². The summed E-state index contributed by atoms with van der Waals surface area (Å²) in [5.41, 5.74) is 2.34. The van der Waals surface area contributed by atoms with Gasteiger partial charge in [-0.25, -0.2) is 5.48 Å². The van der Waals surface area contributed by atoms with Crippen molar-refractivity contribution in [3.8, 4) is 0 Å². The molecule has 0 rings (SSSR count). The lowest BCUT2D eigenvalue weighted by atomic mass is 10.1. The van der Waals surface area contributed by atoms with Gasteiger partial charge in [0, 0.05) is 7.34 Å². The van der Waals surface area contributed by atoms with E-state index in [2.05, 4.69) is 5.48 Å². The van der Waals surface area contributed by atoms with E-state index in [1.165, 1.54) is 0 Å². The Hall–Kier alpha value is -0.570. The number of hydrogen-bond acceptors (Lipinski definition) is 2. The molecule has 0 radical (unpaired) electrons. The average Bonchev–Trinajstić information content (AvgIpc) is 2.16. The number of hydroxylamine groups is 1. The average molecular weight is 177 g/mol. The molecule has 0 aromatic rings. The first kappa shape index (κ1) is 14.0. The van der Waals surface area contributed by atoms with Crippen molar-refractivity contribution in [2.45, 2.75) is 41.0 Å². The van der Waals surface area contributed by atoms with Crippen molar-refractivity contribution >= 4 is 5.91 Å². The Morgan fingerprint density at radius 2 is 2.00 bits per heavy atom. The van der Waals surface area contributed by atoms with Crippen LogP contribution >= 0.6 is 0 Å². The van der Waals surface area contributed by atoms with Gasteiger partial charge in [-0.2, -0.15) is 0 Å². The Labute approximate surface area is 76.9 Å². The summed E-state index contributed by atoms with van der Waals surface area (Å²) in [5.74, 6) is 0.0101. The van der Waals surface area contributed by atoms with Crippen LogP contribution in [0, 0.1) is 5.92 Å². The molecule has 0 aromatic heterocycles. The van der Waals surface area contributed by atoms with Crippen LogP contribution in [0.5, 0.6) is 0 Å². The van der Waals surface area contributed by atoms with Crippen LogP contribution in [0.3, 0.4) is 0 Å². The Morgan fingerprint density at radius 3 is 2.33 bits per heavy atom. The monoisotopic (exact) mass is 177 g/mol. The van der Waals surface area contributed by atoms with Crippen LogP contribution in [0.2, 0.25) is 0 Å². The number of amides is 1. The molecule has 3 nitrogen and oxygen atoms in total. The van der Waals surface area contributed by atoms with Crippen LogP contribution < -0.4 is 5.48 Å². The number of carbonyl (C=O) groups excluding carboxylic acids is 1. The standard InChI is InChI=1S/C7H15NO2.C2H6.H2/c1-4-6(3)7(9)8-10-5-2;1-2;/h6H,4-5H2,1-3H3,(H,8,9);1-2H3;1H. The highest BCUT2D eigenvalue weighted by atomic mass is 16.6. The summed E-state index contributed by atoms with van der Waals surface area (Å²) in [7, 11) is 0. The molecule has 0 aromatic carbocycles. The minimum atomic E-state index is -0.0376. The van der Waals surface area contributed by atoms with Crippen LogP contribution in [-0.4, -0.2) is 12.5 Å². The third-order valence-electron chi connectivity index (χ3n) is 1.38. The maximum absolute atomic E-state index is 10.9. The van der Waals surface area contributed by atoms with Crippen molar-refractivity contribution in [2.24, 2.45) is 5.92 Å². The fraction of sp³-hybridized carbons (Fsp3) is 0.889. The molecule has 76 valence electrons. The van der Waals surface area contributed by atoms with E-state index in [0.29, 0.717) is 6.61 Å². The first-order chi connectivity index (χ1) is 5.72. The van der Waals surface area contributed by atoms with Gasteiger partial charge in [0.05, 0.1) is 6.61 Å². The molecule has 0 heterocycles. The zero-order valence-electron chi connectivity index (χ0n) is 8.81. The molecule has 0 bridgehead atoms. The molecule has 1 amide bonds. The molecule has 3 heteroatoms. The summed E-state index contributed by atoms with van der Waals surface area (Å²) in [6.45, 7) is 10.2. The van der Waals surface area contributed by atoms with E-state index >= 15 is 0 Å². The van der Waals surface area contributed by atoms with Gasteiger partial charge < -0.3 is 0 Å². The Balaban J connectivity index is -0.000000309. The Kier molecular flexibility index (Phi) is 12.2. The maximum Gasteiger partial charge on any atom is 0.246 e. The summed E-state index contributed by atoms with van der Waals surface area (Å²) in [4.78, 5) is 15.6. The van der Waals surface area contributed by atoms with Crippen LogP contribution in [0.4, 0.5) is 0 Å². The fourth-order valence-electron chi connectivity index (χ4n) is 0.429. The highest BCUT2D eigenvalue weighted by molar-refractivity contribution is 5.77. The van der Waals surface area contributed by atoms with Gasteiger partial charge in [-0.15, -0.1) is 0 Å². The highest BCUT2D eigenvalue weighted by Crippen LogP contribution is 1.98. The third kappa shape index (κ3) is 7.54. The fourth-order valence-corrected chi connectivity index (χ4v) is 0.429. The second kappa shape index (κ2) is 10.4.